The largest absolute Gasteiger partial charge is 0.395 e. The van der Waals surface area contributed by atoms with Crippen LogP contribution in [-0.4, -0.2) is 47.1 Å². The molecular weight excluding hydrogens is 457 g/mol. The molecule has 4 rings (SSSR count). The summed E-state index contributed by atoms with van der Waals surface area (Å²) in [6.07, 6.45) is -0.924. The highest BCUT2D eigenvalue weighted by molar-refractivity contribution is 5.79. The number of halogens is 3. The third kappa shape index (κ3) is 5.10. The van der Waals surface area contributed by atoms with Crippen molar-refractivity contribution in [1.82, 2.24) is 14.9 Å². The average molecular weight is 487 g/mol. The van der Waals surface area contributed by atoms with Crippen molar-refractivity contribution >= 4 is 16.8 Å². The van der Waals surface area contributed by atoms with Crippen molar-refractivity contribution in [3.63, 3.8) is 0 Å². The molecule has 6 nitrogen and oxygen atoms in total. The van der Waals surface area contributed by atoms with Crippen LogP contribution in [0.1, 0.15) is 36.3 Å². The van der Waals surface area contributed by atoms with Gasteiger partial charge in [-0.25, -0.2) is 0 Å². The number of aromatic amines is 1. The first-order chi connectivity index (χ1) is 16.5. The predicted octanol–water partition coefficient (Wildman–Crippen LogP) is 4.01. The standard InChI is InChI=1S/C26H29F3N4O2/c1-33(2)19(13-16-5-7-21-17(12-16)6-8-22(34)32-21)14-20(24(30)35)23(18-4-3-11-31-15-18)25(9-10-25)26(27,28)29/h3-8,11-12,15,19-20,23H,9-10,13-14H2,1-2H3,(H2,30,35)(H,32,34)/t19-,20?,23?/m1/s1. The molecule has 1 fully saturated rings. The van der Waals surface area contributed by atoms with Crippen molar-refractivity contribution < 1.29 is 18.0 Å². The van der Waals surface area contributed by atoms with Crippen LogP contribution < -0.4 is 11.3 Å². The number of hydrogen-bond donors (Lipinski definition) is 2. The fraction of sp³-hybridized carbons (Fsp3) is 0.423. The molecule has 3 aromatic rings. The molecule has 9 heteroatoms. The molecule has 1 aliphatic carbocycles. The Morgan fingerprint density at radius 1 is 1.20 bits per heavy atom. The van der Waals surface area contributed by atoms with Gasteiger partial charge in [-0.2, -0.15) is 13.2 Å². The number of rotatable bonds is 9. The van der Waals surface area contributed by atoms with Crippen LogP contribution in [0.2, 0.25) is 0 Å². The van der Waals surface area contributed by atoms with Crippen molar-refractivity contribution in [3.05, 3.63) is 76.3 Å². The van der Waals surface area contributed by atoms with E-state index in [1.165, 1.54) is 18.5 Å². The van der Waals surface area contributed by atoms with Crippen LogP contribution in [0.5, 0.6) is 0 Å². The van der Waals surface area contributed by atoms with Crippen molar-refractivity contribution in [2.24, 2.45) is 17.1 Å². The molecule has 1 amide bonds. The van der Waals surface area contributed by atoms with Crippen LogP contribution in [0, 0.1) is 11.3 Å². The lowest BCUT2D eigenvalue weighted by atomic mass is 9.71. The van der Waals surface area contributed by atoms with Gasteiger partial charge < -0.3 is 15.6 Å². The van der Waals surface area contributed by atoms with Crippen LogP contribution in [0.25, 0.3) is 10.9 Å². The number of primary amides is 1. The molecule has 0 spiro atoms. The van der Waals surface area contributed by atoms with Gasteiger partial charge in [0.1, 0.15) is 0 Å². The third-order valence-electron chi connectivity index (χ3n) is 7.28. The molecule has 0 radical (unpaired) electrons. The van der Waals surface area contributed by atoms with Crippen molar-refractivity contribution in [3.8, 4) is 0 Å². The molecule has 0 bridgehead atoms. The zero-order valence-electron chi connectivity index (χ0n) is 19.7. The van der Waals surface area contributed by atoms with Crippen molar-refractivity contribution in [1.29, 1.82) is 0 Å². The number of carbonyl (C=O) groups excluding carboxylic acids is 1. The number of alkyl halides is 3. The quantitative estimate of drug-likeness (QED) is 0.478. The summed E-state index contributed by atoms with van der Waals surface area (Å²) < 4.78 is 42.8. The smallest absolute Gasteiger partial charge is 0.369 e. The number of pyridine rings is 2. The van der Waals surface area contributed by atoms with Gasteiger partial charge in [0.2, 0.25) is 11.5 Å². The maximum atomic E-state index is 14.3. The lowest BCUT2D eigenvalue weighted by Gasteiger charge is -2.37. The maximum absolute atomic E-state index is 14.3. The second-order valence-electron chi connectivity index (χ2n) is 9.73. The van der Waals surface area contributed by atoms with Gasteiger partial charge in [-0.05, 0) is 80.6 Å². The highest BCUT2D eigenvalue weighted by Gasteiger charge is 2.69. The predicted molar refractivity (Wildman–Crippen MR) is 128 cm³/mol. The number of aromatic nitrogens is 2. The van der Waals surface area contributed by atoms with E-state index in [4.69, 9.17) is 5.73 Å². The van der Waals surface area contributed by atoms with Crippen molar-refractivity contribution in [2.75, 3.05) is 14.1 Å². The summed E-state index contributed by atoms with van der Waals surface area (Å²) in [5, 5.41) is 0.855. The first kappa shape index (κ1) is 24.9. The van der Waals surface area contributed by atoms with Gasteiger partial charge in [-0.1, -0.05) is 12.1 Å². The minimum absolute atomic E-state index is 0.0324. The van der Waals surface area contributed by atoms with E-state index in [-0.39, 0.29) is 30.9 Å². The summed E-state index contributed by atoms with van der Waals surface area (Å²) in [4.78, 5) is 33.0. The van der Waals surface area contributed by atoms with Crippen LogP contribution in [0.3, 0.4) is 0 Å². The lowest BCUT2D eigenvalue weighted by Crippen LogP contribution is -2.43. The Morgan fingerprint density at radius 3 is 2.51 bits per heavy atom. The number of carbonyl (C=O) groups is 1. The Labute approximate surface area is 201 Å². The number of H-pyrrole nitrogens is 1. The Morgan fingerprint density at radius 2 is 1.94 bits per heavy atom. The van der Waals surface area contributed by atoms with E-state index < -0.39 is 29.3 Å². The summed E-state index contributed by atoms with van der Waals surface area (Å²) in [5.41, 5.74) is 5.67. The SMILES string of the molecule is CN(C)[C@H](Cc1ccc2[nH]c(=O)ccc2c1)CC(C(N)=O)C(c1cccnc1)C1(C(F)(F)F)CC1. The van der Waals surface area contributed by atoms with E-state index in [9.17, 15) is 22.8 Å². The lowest BCUT2D eigenvalue weighted by molar-refractivity contribution is -0.198. The summed E-state index contributed by atoms with van der Waals surface area (Å²) in [6, 6.07) is 11.8. The van der Waals surface area contributed by atoms with E-state index in [1.807, 2.05) is 37.2 Å². The van der Waals surface area contributed by atoms with E-state index >= 15 is 0 Å². The molecule has 1 saturated carbocycles. The van der Waals surface area contributed by atoms with E-state index in [1.54, 1.807) is 18.2 Å². The van der Waals surface area contributed by atoms with E-state index in [0.717, 1.165) is 10.9 Å². The van der Waals surface area contributed by atoms with Gasteiger partial charge >= 0.3 is 6.18 Å². The third-order valence-corrected chi connectivity index (χ3v) is 7.28. The number of nitrogens with zero attached hydrogens (tertiary/aromatic N) is 2. The van der Waals surface area contributed by atoms with Gasteiger partial charge in [-0.3, -0.25) is 14.6 Å². The fourth-order valence-corrected chi connectivity index (χ4v) is 5.19. The Hall–Kier alpha value is -3.20. The molecule has 186 valence electrons. The maximum Gasteiger partial charge on any atom is 0.395 e. The highest BCUT2D eigenvalue weighted by atomic mass is 19.4. The zero-order valence-corrected chi connectivity index (χ0v) is 19.7. The Kier molecular flexibility index (Phi) is 6.73. The molecule has 3 N–H and O–H groups in total. The van der Waals surface area contributed by atoms with Crippen LogP contribution in [-0.2, 0) is 11.2 Å². The summed E-state index contributed by atoms with van der Waals surface area (Å²) in [6.45, 7) is 0. The fourth-order valence-electron chi connectivity index (χ4n) is 5.19. The number of nitrogens with one attached hydrogen (secondary N) is 1. The first-order valence-electron chi connectivity index (χ1n) is 11.6. The summed E-state index contributed by atoms with van der Waals surface area (Å²) in [5.74, 6) is -2.86. The molecule has 1 aromatic carbocycles. The molecule has 0 aliphatic heterocycles. The number of amides is 1. The Balaban J connectivity index is 1.68. The van der Waals surface area contributed by atoms with Gasteiger partial charge in [-0.15, -0.1) is 0 Å². The minimum atomic E-state index is -4.45. The topological polar surface area (TPSA) is 92.1 Å². The molecule has 35 heavy (non-hydrogen) atoms. The zero-order chi connectivity index (χ0) is 25.4. The number of benzene rings is 1. The van der Waals surface area contributed by atoms with Gasteiger partial charge in [0.05, 0.1) is 5.41 Å². The van der Waals surface area contributed by atoms with Crippen LogP contribution in [0.4, 0.5) is 13.2 Å². The first-order valence-corrected chi connectivity index (χ1v) is 11.6. The summed E-state index contributed by atoms with van der Waals surface area (Å²) >= 11 is 0. The number of likely N-dealkylation sites (N-methyl/N-ethyl adjacent to an activating group) is 1. The van der Waals surface area contributed by atoms with Crippen LogP contribution in [0.15, 0.2) is 59.7 Å². The molecule has 1 aliphatic rings. The molecule has 2 aromatic heterocycles. The minimum Gasteiger partial charge on any atom is -0.369 e. The van der Waals surface area contributed by atoms with Gasteiger partial charge in [0, 0.05) is 41.9 Å². The molecule has 0 saturated heterocycles. The van der Waals surface area contributed by atoms with E-state index in [2.05, 4.69) is 9.97 Å². The van der Waals surface area contributed by atoms with Gasteiger partial charge in [0.25, 0.3) is 0 Å². The van der Waals surface area contributed by atoms with E-state index in [0.29, 0.717) is 17.5 Å². The Bertz CT molecular complexity index is 1250. The molecule has 3 atom stereocenters. The molecular formula is C26H29F3N4O2. The summed E-state index contributed by atoms with van der Waals surface area (Å²) in [7, 11) is 3.69. The number of fused-ring (bicyclic) bond motifs is 1. The highest BCUT2D eigenvalue weighted by Crippen LogP contribution is 2.67. The van der Waals surface area contributed by atoms with Crippen LogP contribution >= 0.6 is 0 Å². The average Bonchev–Trinajstić information content (AvgIpc) is 3.60. The monoisotopic (exact) mass is 486 g/mol. The second kappa shape index (κ2) is 9.45. The number of hydrogen-bond acceptors (Lipinski definition) is 4. The van der Waals surface area contributed by atoms with Gasteiger partial charge in [0.15, 0.2) is 0 Å². The number of nitrogens with two attached hydrogens (primary N) is 1. The van der Waals surface area contributed by atoms with Crippen molar-refractivity contribution in [2.45, 2.75) is 43.8 Å². The normalized spacial score (nSPS) is 17.8. The molecule has 2 heterocycles. The second-order valence-corrected chi connectivity index (χ2v) is 9.73. The molecule has 2 unspecified atom stereocenters.